The van der Waals surface area contributed by atoms with Crippen LogP contribution in [0.15, 0.2) is 0 Å². The first-order valence-corrected chi connectivity index (χ1v) is 4.30. The molecule has 3 nitrogen and oxygen atoms in total. The van der Waals surface area contributed by atoms with Crippen LogP contribution in [0.3, 0.4) is 0 Å². The molecule has 0 spiro atoms. The van der Waals surface area contributed by atoms with Crippen molar-refractivity contribution in [3.63, 3.8) is 0 Å². The summed E-state index contributed by atoms with van der Waals surface area (Å²) in [6, 6.07) is 0. The van der Waals surface area contributed by atoms with Crippen LogP contribution in [0.4, 0.5) is 4.39 Å². The summed E-state index contributed by atoms with van der Waals surface area (Å²) in [4.78, 5) is 1.91. The van der Waals surface area contributed by atoms with Gasteiger partial charge in [0.25, 0.3) is 0 Å². The second-order valence-electron chi connectivity index (χ2n) is 2.94. The van der Waals surface area contributed by atoms with Gasteiger partial charge in [0.05, 0.1) is 6.73 Å². The third kappa shape index (κ3) is 2.58. The van der Waals surface area contributed by atoms with E-state index in [1.165, 1.54) is 0 Å². The molecule has 0 aromatic heterocycles. The van der Waals surface area contributed by atoms with Crippen molar-refractivity contribution in [3.8, 4) is 0 Å². The van der Waals surface area contributed by atoms with Crippen molar-refractivity contribution < 1.29 is 13.3 Å². The van der Waals surface area contributed by atoms with E-state index in [1.807, 2.05) is 4.90 Å². The highest BCUT2D eigenvalue weighted by molar-refractivity contribution is 7.75. The summed E-state index contributed by atoms with van der Waals surface area (Å²) in [5.74, 6) is 0. The molecule has 1 fully saturated rings. The van der Waals surface area contributed by atoms with E-state index in [9.17, 15) is 4.39 Å². The van der Waals surface area contributed by atoms with E-state index in [0.717, 1.165) is 6.54 Å². The molecule has 1 saturated heterocycles. The third-order valence-corrected chi connectivity index (χ3v) is 2.28. The van der Waals surface area contributed by atoms with Crippen molar-refractivity contribution in [1.82, 2.24) is 4.90 Å². The summed E-state index contributed by atoms with van der Waals surface area (Å²) >= 11 is 3.61. The molecular formula is C7H14FNO2S. The predicted octanol–water partition coefficient (Wildman–Crippen LogP) is 0.864. The first kappa shape index (κ1) is 10.2. The van der Waals surface area contributed by atoms with Crippen molar-refractivity contribution in [1.29, 1.82) is 0 Å². The Labute approximate surface area is 77.4 Å². The van der Waals surface area contributed by atoms with Gasteiger partial charge in [-0.2, -0.15) is 0 Å². The van der Waals surface area contributed by atoms with Gasteiger partial charge < -0.3 is 8.92 Å². The van der Waals surface area contributed by atoms with Gasteiger partial charge in [0.2, 0.25) is 0 Å². The third-order valence-electron chi connectivity index (χ3n) is 2.01. The number of hydrogen-bond acceptors (Lipinski definition) is 4. The minimum absolute atomic E-state index is 0.360. The van der Waals surface area contributed by atoms with Crippen LogP contribution in [0.2, 0.25) is 0 Å². The first-order valence-electron chi connectivity index (χ1n) is 3.93. The molecule has 0 aromatic rings. The van der Waals surface area contributed by atoms with Crippen LogP contribution in [0, 0.1) is 0 Å². The molecule has 2 atom stereocenters. The molecule has 0 saturated carbocycles. The summed E-state index contributed by atoms with van der Waals surface area (Å²) in [6.07, 6.45) is -0.638. The van der Waals surface area contributed by atoms with Gasteiger partial charge in [-0.05, 0) is 19.3 Å². The molecule has 0 bridgehead atoms. The lowest BCUT2D eigenvalue weighted by molar-refractivity contribution is -0.0162. The Balaban J connectivity index is 2.30. The van der Waals surface area contributed by atoms with E-state index in [1.54, 1.807) is 7.11 Å². The van der Waals surface area contributed by atoms with Gasteiger partial charge in [0.1, 0.15) is 12.3 Å². The zero-order chi connectivity index (χ0) is 8.97. The largest absolute Gasteiger partial charge is 0.369 e. The van der Waals surface area contributed by atoms with Crippen LogP contribution in [-0.2, 0) is 8.92 Å². The van der Waals surface area contributed by atoms with E-state index >= 15 is 0 Å². The Morgan fingerprint density at radius 2 is 2.42 bits per heavy atom. The monoisotopic (exact) mass is 195 g/mol. The standard InChI is InChI=1S/C7H14FNO2S/c1-10-5-9-3-2-7(11-12)6(8)4-9/h6-7,12H,2-5H2,1H3/t6-,7+/m1/s1. The fourth-order valence-electron chi connectivity index (χ4n) is 1.36. The fraction of sp³-hybridized carbons (Fsp3) is 1.00. The summed E-state index contributed by atoms with van der Waals surface area (Å²) in [5.41, 5.74) is 0. The van der Waals surface area contributed by atoms with Crippen molar-refractivity contribution in [2.75, 3.05) is 26.9 Å². The molecule has 1 heterocycles. The molecule has 0 N–H and O–H groups in total. The number of likely N-dealkylation sites (tertiary alicyclic amines) is 1. The summed E-state index contributed by atoms with van der Waals surface area (Å²) in [6.45, 7) is 1.66. The zero-order valence-corrected chi connectivity index (χ0v) is 7.97. The first-order chi connectivity index (χ1) is 5.77. The minimum atomic E-state index is -0.952. The topological polar surface area (TPSA) is 21.7 Å². The normalized spacial score (nSPS) is 32.2. The quantitative estimate of drug-likeness (QED) is 0.533. The molecule has 1 rings (SSSR count). The second-order valence-corrected chi connectivity index (χ2v) is 3.15. The van der Waals surface area contributed by atoms with E-state index in [2.05, 4.69) is 17.1 Å². The Kier molecular flexibility index (Phi) is 4.28. The maximum absolute atomic E-state index is 13.2. The summed E-state index contributed by atoms with van der Waals surface area (Å²) in [5, 5.41) is 0. The van der Waals surface area contributed by atoms with Crippen LogP contribution in [-0.4, -0.2) is 44.1 Å². The van der Waals surface area contributed by atoms with Crippen LogP contribution in [0.25, 0.3) is 0 Å². The van der Waals surface area contributed by atoms with E-state index in [-0.39, 0.29) is 6.10 Å². The molecule has 1 aliphatic rings. The van der Waals surface area contributed by atoms with Gasteiger partial charge in [-0.1, -0.05) is 0 Å². The Morgan fingerprint density at radius 3 is 2.92 bits per heavy atom. The van der Waals surface area contributed by atoms with Gasteiger partial charge in [-0.3, -0.25) is 4.90 Å². The number of ether oxygens (including phenoxy) is 1. The fourth-order valence-corrected chi connectivity index (χ4v) is 1.60. The van der Waals surface area contributed by atoms with E-state index < -0.39 is 6.17 Å². The van der Waals surface area contributed by atoms with E-state index in [0.29, 0.717) is 19.7 Å². The van der Waals surface area contributed by atoms with Crippen molar-refractivity contribution in [2.24, 2.45) is 0 Å². The van der Waals surface area contributed by atoms with Gasteiger partial charge in [0.15, 0.2) is 0 Å². The van der Waals surface area contributed by atoms with Crippen LogP contribution >= 0.6 is 12.9 Å². The second kappa shape index (κ2) is 5.01. The lowest BCUT2D eigenvalue weighted by Gasteiger charge is -2.32. The van der Waals surface area contributed by atoms with Crippen LogP contribution in [0.5, 0.6) is 0 Å². The number of halogens is 1. The highest BCUT2D eigenvalue weighted by Gasteiger charge is 2.29. The number of methoxy groups -OCH3 is 1. The lowest BCUT2D eigenvalue weighted by Crippen LogP contribution is -2.45. The maximum atomic E-state index is 13.2. The number of piperidine rings is 1. The molecule has 1 aliphatic heterocycles. The highest BCUT2D eigenvalue weighted by Crippen LogP contribution is 2.17. The van der Waals surface area contributed by atoms with Crippen molar-refractivity contribution in [2.45, 2.75) is 18.7 Å². The molecular weight excluding hydrogens is 181 g/mol. The van der Waals surface area contributed by atoms with Gasteiger partial charge >= 0.3 is 0 Å². The van der Waals surface area contributed by atoms with Gasteiger partial charge in [-0.25, -0.2) is 4.39 Å². The predicted molar refractivity (Wildman–Crippen MR) is 46.8 cm³/mol. The SMILES string of the molecule is COCN1CC[C@H](OS)[C@H](F)C1. The summed E-state index contributed by atoms with van der Waals surface area (Å²) in [7, 11) is 1.61. The summed E-state index contributed by atoms with van der Waals surface area (Å²) < 4.78 is 22.7. The number of alkyl halides is 1. The van der Waals surface area contributed by atoms with Crippen molar-refractivity contribution >= 4 is 12.9 Å². The molecule has 0 aliphatic carbocycles. The molecule has 0 aromatic carbocycles. The molecule has 5 heteroatoms. The molecule has 12 heavy (non-hydrogen) atoms. The average molecular weight is 195 g/mol. The van der Waals surface area contributed by atoms with Gasteiger partial charge in [0, 0.05) is 20.2 Å². The Hall–Kier alpha value is 0.160. The Bertz CT molecular complexity index is 139. The lowest BCUT2D eigenvalue weighted by atomic mass is 10.1. The Morgan fingerprint density at radius 1 is 1.67 bits per heavy atom. The number of rotatable bonds is 3. The molecule has 0 unspecified atom stereocenters. The molecule has 0 amide bonds. The average Bonchev–Trinajstić information content (AvgIpc) is 2.05. The number of thiol groups is 1. The smallest absolute Gasteiger partial charge is 0.140 e. The minimum Gasteiger partial charge on any atom is -0.369 e. The van der Waals surface area contributed by atoms with Crippen LogP contribution < -0.4 is 0 Å². The number of hydrogen-bond donors (Lipinski definition) is 1. The number of nitrogens with zero attached hydrogens (tertiary/aromatic N) is 1. The van der Waals surface area contributed by atoms with Gasteiger partial charge in [-0.15, -0.1) is 0 Å². The zero-order valence-electron chi connectivity index (χ0n) is 7.07. The van der Waals surface area contributed by atoms with E-state index in [4.69, 9.17) is 4.74 Å². The highest BCUT2D eigenvalue weighted by atomic mass is 32.1. The molecule has 0 radical (unpaired) electrons. The van der Waals surface area contributed by atoms with Crippen molar-refractivity contribution in [3.05, 3.63) is 0 Å². The van der Waals surface area contributed by atoms with Crippen LogP contribution in [0.1, 0.15) is 6.42 Å². The maximum Gasteiger partial charge on any atom is 0.140 e. The molecule has 72 valence electrons.